The van der Waals surface area contributed by atoms with Crippen molar-refractivity contribution in [3.8, 4) is 0 Å². The summed E-state index contributed by atoms with van der Waals surface area (Å²) in [6.45, 7) is 2.06. The van der Waals surface area contributed by atoms with Crippen molar-refractivity contribution >= 4 is 11.6 Å². The first-order valence-electron chi connectivity index (χ1n) is 7.08. The van der Waals surface area contributed by atoms with Gasteiger partial charge in [-0.25, -0.2) is 0 Å². The van der Waals surface area contributed by atoms with Gasteiger partial charge in [-0.05, 0) is 24.6 Å². The molecule has 6 heteroatoms. The van der Waals surface area contributed by atoms with Crippen molar-refractivity contribution in [2.75, 3.05) is 11.9 Å². The highest BCUT2D eigenvalue weighted by Crippen LogP contribution is 2.34. The Morgan fingerprint density at radius 2 is 1.83 bits per heavy atom. The van der Waals surface area contributed by atoms with E-state index >= 15 is 0 Å². The van der Waals surface area contributed by atoms with Gasteiger partial charge >= 0.3 is 6.18 Å². The molecule has 23 heavy (non-hydrogen) atoms. The van der Waals surface area contributed by atoms with Crippen molar-refractivity contribution in [3.63, 3.8) is 0 Å². The molecule has 0 saturated carbocycles. The van der Waals surface area contributed by atoms with Crippen LogP contribution in [0.1, 0.15) is 16.7 Å². The molecule has 0 aliphatic carbocycles. The maximum atomic E-state index is 12.8. The van der Waals surface area contributed by atoms with E-state index in [0.717, 1.165) is 17.2 Å². The Kier molecular flexibility index (Phi) is 5.26. The van der Waals surface area contributed by atoms with Gasteiger partial charge in [-0.15, -0.1) is 0 Å². The lowest BCUT2D eigenvalue weighted by molar-refractivity contribution is -0.137. The van der Waals surface area contributed by atoms with Crippen LogP contribution in [0.25, 0.3) is 0 Å². The van der Waals surface area contributed by atoms with Crippen molar-refractivity contribution in [2.24, 2.45) is 0 Å². The molecule has 0 bridgehead atoms. The van der Waals surface area contributed by atoms with Crippen LogP contribution >= 0.6 is 0 Å². The normalized spacial score (nSPS) is 11.1. The van der Waals surface area contributed by atoms with Gasteiger partial charge in [0.05, 0.1) is 12.1 Å². The molecule has 0 aromatic heterocycles. The van der Waals surface area contributed by atoms with E-state index in [0.29, 0.717) is 6.54 Å². The lowest BCUT2D eigenvalue weighted by atomic mass is 10.1. The highest BCUT2D eigenvalue weighted by Gasteiger charge is 2.33. The fourth-order valence-electron chi connectivity index (χ4n) is 2.15. The molecule has 0 aliphatic heterocycles. The van der Waals surface area contributed by atoms with E-state index in [9.17, 15) is 18.0 Å². The molecule has 2 aromatic carbocycles. The van der Waals surface area contributed by atoms with Crippen LogP contribution in [0.5, 0.6) is 0 Å². The van der Waals surface area contributed by atoms with Gasteiger partial charge in [0.2, 0.25) is 5.91 Å². The first-order chi connectivity index (χ1) is 10.9. The van der Waals surface area contributed by atoms with Gasteiger partial charge in [0, 0.05) is 12.2 Å². The Morgan fingerprint density at radius 1 is 1.09 bits per heavy atom. The summed E-state index contributed by atoms with van der Waals surface area (Å²) < 4.78 is 38.5. The summed E-state index contributed by atoms with van der Waals surface area (Å²) in [5, 5.41) is 5.21. The van der Waals surface area contributed by atoms with E-state index in [1.807, 2.05) is 31.2 Å². The second-order valence-electron chi connectivity index (χ2n) is 5.16. The minimum Gasteiger partial charge on any atom is -0.376 e. The number of hydrogen-bond donors (Lipinski definition) is 2. The Balaban J connectivity index is 1.90. The molecule has 1 amide bonds. The zero-order valence-electron chi connectivity index (χ0n) is 12.6. The number of halogens is 3. The van der Waals surface area contributed by atoms with Crippen molar-refractivity contribution in [2.45, 2.75) is 19.6 Å². The number of para-hydroxylation sites is 1. The number of carbonyl (C=O) groups is 1. The number of amides is 1. The maximum Gasteiger partial charge on any atom is 0.418 e. The van der Waals surface area contributed by atoms with Crippen LogP contribution < -0.4 is 10.6 Å². The van der Waals surface area contributed by atoms with Crippen LogP contribution in [0.3, 0.4) is 0 Å². The van der Waals surface area contributed by atoms with E-state index in [2.05, 4.69) is 10.6 Å². The fraction of sp³-hybridized carbons (Fsp3) is 0.235. The largest absolute Gasteiger partial charge is 0.418 e. The quantitative estimate of drug-likeness (QED) is 0.880. The van der Waals surface area contributed by atoms with Crippen LogP contribution in [0.2, 0.25) is 0 Å². The van der Waals surface area contributed by atoms with Gasteiger partial charge in [0.1, 0.15) is 0 Å². The van der Waals surface area contributed by atoms with E-state index in [1.54, 1.807) is 0 Å². The number of aryl methyl sites for hydroxylation is 1. The Hall–Kier alpha value is -2.50. The molecule has 2 aromatic rings. The first-order valence-corrected chi connectivity index (χ1v) is 7.08. The first kappa shape index (κ1) is 16.9. The number of benzene rings is 2. The highest BCUT2D eigenvalue weighted by atomic mass is 19.4. The molecule has 0 fully saturated rings. The minimum atomic E-state index is -4.46. The number of nitrogens with one attached hydrogen (secondary N) is 2. The summed E-state index contributed by atoms with van der Waals surface area (Å²) in [7, 11) is 0. The SMILES string of the molecule is Cc1cccc(CNC(=O)CNc2ccccc2C(F)(F)F)c1. The molecule has 0 radical (unpaired) electrons. The molecule has 2 rings (SSSR count). The summed E-state index contributed by atoms with van der Waals surface area (Å²) in [5.74, 6) is -0.372. The van der Waals surface area contributed by atoms with Gasteiger partial charge in [-0.3, -0.25) is 4.79 Å². The molecule has 0 saturated heterocycles. The van der Waals surface area contributed by atoms with Crippen molar-refractivity contribution < 1.29 is 18.0 Å². The van der Waals surface area contributed by atoms with Crippen LogP contribution in [-0.2, 0) is 17.5 Å². The summed E-state index contributed by atoms with van der Waals surface area (Å²) in [5.41, 5.74) is 1.13. The Labute approximate surface area is 132 Å². The van der Waals surface area contributed by atoms with Gasteiger partial charge in [-0.2, -0.15) is 13.2 Å². The number of carbonyl (C=O) groups excluding carboxylic acids is 1. The summed E-state index contributed by atoms with van der Waals surface area (Å²) in [4.78, 5) is 11.8. The van der Waals surface area contributed by atoms with Gasteiger partial charge in [-0.1, -0.05) is 42.0 Å². The molecule has 0 unspecified atom stereocenters. The van der Waals surface area contributed by atoms with Gasteiger partial charge in [0.25, 0.3) is 0 Å². The fourth-order valence-corrected chi connectivity index (χ4v) is 2.15. The highest BCUT2D eigenvalue weighted by molar-refractivity contribution is 5.81. The van der Waals surface area contributed by atoms with E-state index < -0.39 is 11.7 Å². The third kappa shape index (κ3) is 5.02. The topological polar surface area (TPSA) is 41.1 Å². The molecule has 0 heterocycles. The molecule has 122 valence electrons. The predicted octanol–water partition coefficient (Wildman–Crippen LogP) is 3.74. The van der Waals surface area contributed by atoms with Crippen LogP contribution in [0.15, 0.2) is 48.5 Å². The van der Waals surface area contributed by atoms with Crippen molar-refractivity contribution in [3.05, 3.63) is 65.2 Å². The molecule has 0 aliphatic rings. The molecule has 2 N–H and O–H groups in total. The summed E-state index contributed by atoms with van der Waals surface area (Å²) in [6.07, 6.45) is -4.46. The molecular weight excluding hydrogens is 305 g/mol. The van der Waals surface area contributed by atoms with E-state index in [4.69, 9.17) is 0 Å². The smallest absolute Gasteiger partial charge is 0.376 e. The predicted molar refractivity (Wildman–Crippen MR) is 83.0 cm³/mol. The second-order valence-corrected chi connectivity index (χ2v) is 5.16. The maximum absolute atomic E-state index is 12.8. The van der Waals surface area contributed by atoms with Crippen LogP contribution in [-0.4, -0.2) is 12.5 Å². The lowest BCUT2D eigenvalue weighted by Gasteiger charge is -2.14. The van der Waals surface area contributed by atoms with E-state index in [-0.39, 0.29) is 18.1 Å². The third-order valence-corrected chi connectivity index (χ3v) is 3.24. The average Bonchev–Trinajstić information content (AvgIpc) is 2.50. The van der Waals surface area contributed by atoms with Crippen molar-refractivity contribution in [1.29, 1.82) is 0 Å². The number of anilines is 1. The molecular formula is C17H17F3N2O. The third-order valence-electron chi connectivity index (χ3n) is 3.24. The summed E-state index contributed by atoms with van der Waals surface area (Å²) in [6, 6.07) is 12.7. The lowest BCUT2D eigenvalue weighted by Crippen LogP contribution is -2.29. The standard InChI is InChI=1S/C17H17F3N2O/c1-12-5-4-6-13(9-12)10-22-16(23)11-21-15-8-3-2-7-14(15)17(18,19)20/h2-9,21H,10-11H2,1H3,(H,22,23). The number of hydrogen-bond acceptors (Lipinski definition) is 2. The second kappa shape index (κ2) is 7.17. The van der Waals surface area contributed by atoms with E-state index in [1.165, 1.54) is 18.2 Å². The van der Waals surface area contributed by atoms with Crippen LogP contribution in [0.4, 0.5) is 18.9 Å². The Morgan fingerprint density at radius 3 is 2.52 bits per heavy atom. The molecule has 0 atom stereocenters. The number of alkyl halides is 3. The summed E-state index contributed by atoms with van der Waals surface area (Å²) >= 11 is 0. The average molecular weight is 322 g/mol. The van der Waals surface area contributed by atoms with Gasteiger partial charge < -0.3 is 10.6 Å². The molecule has 3 nitrogen and oxygen atoms in total. The number of rotatable bonds is 5. The zero-order valence-corrected chi connectivity index (χ0v) is 12.6. The molecule has 0 spiro atoms. The minimum absolute atomic E-state index is 0.106. The Bertz CT molecular complexity index is 684. The monoisotopic (exact) mass is 322 g/mol. The van der Waals surface area contributed by atoms with Gasteiger partial charge in [0.15, 0.2) is 0 Å². The van der Waals surface area contributed by atoms with Crippen molar-refractivity contribution in [1.82, 2.24) is 5.32 Å². The zero-order chi connectivity index (χ0) is 16.9. The van der Waals surface area contributed by atoms with Crippen LogP contribution in [0, 0.1) is 6.92 Å².